The molecule has 5 nitrogen and oxygen atoms in total. The molecule has 0 spiro atoms. The average molecular weight is 224 g/mol. The molecule has 1 aromatic rings. The van der Waals surface area contributed by atoms with Crippen LogP contribution in [0.4, 0.5) is 5.13 Å². The molecule has 1 N–H and O–H groups in total. The normalized spacial score (nSPS) is 30.1. The molecule has 2 unspecified atom stereocenters. The molecule has 3 rings (SSSR count). The number of rotatable bonds is 1. The van der Waals surface area contributed by atoms with Crippen LogP contribution in [0.2, 0.25) is 0 Å². The lowest BCUT2D eigenvalue weighted by Gasteiger charge is -2.20. The van der Waals surface area contributed by atoms with Crippen LogP contribution in [0, 0.1) is 0 Å². The Kier molecular flexibility index (Phi) is 1.93. The molecule has 0 aliphatic carbocycles. The summed E-state index contributed by atoms with van der Waals surface area (Å²) in [5.41, 5.74) is 0. The van der Waals surface area contributed by atoms with Crippen LogP contribution in [0.1, 0.15) is 12.8 Å². The highest BCUT2D eigenvalue weighted by molar-refractivity contribution is 7.09. The van der Waals surface area contributed by atoms with Crippen molar-refractivity contribution in [3.63, 3.8) is 0 Å². The Morgan fingerprint density at radius 3 is 3.13 bits per heavy atom. The van der Waals surface area contributed by atoms with Crippen molar-refractivity contribution in [3.05, 3.63) is 18.7 Å². The van der Waals surface area contributed by atoms with Crippen molar-refractivity contribution in [3.8, 4) is 0 Å². The fourth-order valence-corrected chi connectivity index (χ4v) is 2.97. The van der Waals surface area contributed by atoms with E-state index in [9.17, 15) is 5.11 Å². The minimum atomic E-state index is -0.520. The van der Waals surface area contributed by atoms with Gasteiger partial charge < -0.3 is 10.0 Å². The van der Waals surface area contributed by atoms with Crippen molar-refractivity contribution in [1.29, 1.82) is 0 Å². The predicted octanol–water partition coefficient (Wildman–Crippen LogP) is 0.612. The summed E-state index contributed by atoms with van der Waals surface area (Å²) in [6.07, 6.45) is 3.14. The van der Waals surface area contributed by atoms with Crippen molar-refractivity contribution in [2.75, 3.05) is 11.4 Å². The quantitative estimate of drug-likeness (QED) is 0.757. The van der Waals surface area contributed by atoms with E-state index in [1.807, 2.05) is 0 Å². The number of anilines is 1. The summed E-state index contributed by atoms with van der Waals surface area (Å²) < 4.78 is 3.95. The van der Waals surface area contributed by atoms with Gasteiger partial charge in [-0.3, -0.25) is 4.90 Å². The molecule has 0 saturated carbocycles. The van der Waals surface area contributed by atoms with E-state index >= 15 is 0 Å². The molecule has 0 bridgehead atoms. The van der Waals surface area contributed by atoms with Gasteiger partial charge in [0, 0.05) is 18.1 Å². The summed E-state index contributed by atoms with van der Waals surface area (Å²) in [6.45, 7) is 5.00. The van der Waals surface area contributed by atoms with Gasteiger partial charge in [0.1, 0.15) is 12.1 Å². The number of hydrogen-bond acceptors (Lipinski definition) is 6. The molecular formula is C9H12N4OS. The number of aromatic nitrogens is 2. The van der Waals surface area contributed by atoms with Crippen LogP contribution in [0.25, 0.3) is 0 Å². The fraction of sp³-hybridized carbons (Fsp3) is 0.556. The van der Waals surface area contributed by atoms with Crippen molar-refractivity contribution in [2.45, 2.75) is 25.1 Å². The molecule has 2 atom stereocenters. The molecule has 15 heavy (non-hydrogen) atoms. The van der Waals surface area contributed by atoms with Gasteiger partial charge in [-0.2, -0.15) is 4.37 Å². The Hall–Kier alpha value is -1.14. The molecule has 3 heterocycles. The predicted molar refractivity (Wildman–Crippen MR) is 57.3 cm³/mol. The first kappa shape index (κ1) is 9.11. The molecule has 2 aliphatic heterocycles. The van der Waals surface area contributed by atoms with Gasteiger partial charge in [0.25, 0.3) is 0 Å². The summed E-state index contributed by atoms with van der Waals surface area (Å²) in [5, 5.41) is 10.9. The van der Waals surface area contributed by atoms with Crippen LogP contribution in [0.3, 0.4) is 0 Å². The van der Waals surface area contributed by atoms with E-state index in [2.05, 4.69) is 20.8 Å². The van der Waals surface area contributed by atoms with Crippen LogP contribution < -0.4 is 4.90 Å². The van der Waals surface area contributed by atoms with Gasteiger partial charge in [-0.25, -0.2) is 4.98 Å². The van der Waals surface area contributed by atoms with Crippen LogP contribution in [0.15, 0.2) is 18.7 Å². The SMILES string of the molecule is C=C1N2CCCC2C(O)N1c1ncns1. The van der Waals surface area contributed by atoms with Gasteiger partial charge >= 0.3 is 0 Å². The summed E-state index contributed by atoms with van der Waals surface area (Å²) in [6, 6.07) is 0.182. The monoisotopic (exact) mass is 224 g/mol. The van der Waals surface area contributed by atoms with Crippen molar-refractivity contribution in [1.82, 2.24) is 14.3 Å². The average Bonchev–Trinajstić information content (AvgIpc) is 2.89. The maximum atomic E-state index is 10.2. The lowest BCUT2D eigenvalue weighted by atomic mass is 10.2. The van der Waals surface area contributed by atoms with Crippen LogP contribution >= 0.6 is 11.5 Å². The number of fused-ring (bicyclic) bond motifs is 1. The first-order valence-corrected chi connectivity index (χ1v) is 5.76. The molecule has 1 aromatic heterocycles. The second-order valence-electron chi connectivity index (χ2n) is 3.83. The van der Waals surface area contributed by atoms with Crippen LogP contribution in [-0.4, -0.2) is 38.2 Å². The number of aliphatic hydroxyl groups excluding tert-OH is 1. The fourth-order valence-electron chi connectivity index (χ4n) is 2.38. The second-order valence-corrected chi connectivity index (χ2v) is 4.59. The summed E-state index contributed by atoms with van der Waals surface area (Å²) in [4.78, 5) is 8.05. The molecule has 80 valence electrons. The molecule has 2 aliphatic rings. The maximum absolute atomic E-state index is 10.2. The van der Waals surface area contributed by atoms with Crippen molar-refractivity contribution in [2.24, 2.45) is 0 Å². The second kappa shape index (κ2) is 3.18. The smallest absolute Gasteiger partial charge is 0.212 e. The lowest BCUT2D eigenvalue weighted by Crippen LogP contribution is -2.34. The van der Waals surface area contributed by atoms with Gasteiger partial charge in [0.2, 0.25) is 5.13 Å². The highest BCUT2D eigenvalue weighted by atomic mass is 32.1. The molecular weight excluding hydrogens is 212 g/mol. The van der Waals surface area contributed by atoms with E-state index in [1.165, 1.54) is 17.9 Å². The summed E-state index contributed by atoms with van der Waals surface area (Å²) >= 11 is 1.28. The highest BCUT2D eigenvalue weighted by Gasteiger charge is 2.45. The third-order valence-corrected chi connectivity index (χ3v) is 3.74. The Bertz CT molecular complexity index is 379. The Balaban J connectivity index is 1.95. The third kappa shape index (κ3) is 1.18. The highest BCUT2D eigenvalue weighted by Crippen LogP contribution is 2.38. The zero-order valence-corrected chi connectivity index (χ0v) is 9.02. The first-order valence-electron chi connectivity index (χ1n) is 4.98. The van der Waals surface area contributed by atoms with E-state index in [4.69, 9.17) is 0 Å². The van der Waals surface area contributed by atoms with Crippen LogP contribution in [0.5, 0.6) is 0 Å². The summed E-state index contributed by atoms with van der Waals surface area (Å²) in [5.74, 6) is 0.849. The lowest BCUT2D eigenvalue weighted by molar-refractivity contribution is 0.138. The molecule has 0 aromatic carbocycles. The van der Waals surface area contributed by atoms with Gasteiger partial charge in [0.05, 0.1) is 6.04 Å². The van der Waals surface area contributed by atoms with E-state index < -0.39 is 6.23 Å². The Morgan fingerprint density at radius 1 is 1.60 bits per heavy atom. The minimum Gasteiger partial charge on any atom is -0.371 e. The van der Waals surface area contributed by atoms with Gasteiger partial charge in [-0.1, -0.05) is 6.58 Å². The van der Waals surface area contributed by atoms with E-state index in [0.717, 1.165) is 30.3 Å². The third-order valence-electron chi connectivity index (χ3n) is 3.07. The number of hydrogen-bond donors (Lipinski definition) is 1. The minimum absolute atomic E-state index is 0.182. The van der Waals surface area contributed by atoms with E-state index in [0.29, 0.717) is 0 Å². The standard InChI is InChI=1S/C9H12N4OS/c1-6-12-4-2-3-7(12)8(14)13(6)9-10-5-11-15-9/h5,7-8,14H,1-4H2. The van der Waals surface area contributed by atoms with Crippen molar-refractivity contribution >= 4 is 16.7 Å². The molecule has 2 saturated heterocycles. The Labute approximate surface area is 91.8 Å². The number of aliphatic hydroxyl groups is 1. The first-order chi connectivity index (χ1) is 7.29. The van der Waals surface area contributed by atoms with Crippen LogP contribution in [-0.2, 0) is 0 Å². The molecule has 0 amide bonds. The molecule has 0 radical (unpaired) electrons. The Morgan fingerprint density at radius 2 is 2.47 bits per heavy atom. The topological polar surface area (TPSA) is 52.5 Å². The number of nitrogens with zero attached hydrogens (tertiary/aromatic N) is 4. The maximum Gasteiger partial charge on any atom is 0.212 e. The zero-order chi connectivity index (χ0) is 10.4. The van der Waals surface area contributed by atoms with Gasteiger partial charge in [0.15, 0.2) is 6.23 Å². The molecule has 6 heteroatoms. The molecule has 2 fully saturated rings. The van der Waals surface area contributed by atoms with Crippen molar-refractivity contribution < 1.29 is 5.11 Å². The summed E-state index contributed by atoms with van der Waals surface area (Å²) in [7, 11) is 0. The zero-order valence-electron chi connectivity index (χ0n) is 8.20. The van der Waals surface area contributed by atoms with E-state index in [-0.39, 0.29) is 6.04 Å². The van der Waals surface area contributed by atoms with E-state index in [1.54, 1.807) is 4.90 Å². The largest absolute Gasteiger partial charge is 0.371 e. The van der Waals surface area contributed by atoms with Gasteiger partial charge in [-0.15, -0.1) is 0 Å². The van der Waals surface area contributed by atoms with Gasteiger partial charge in [-0.05, 0) is 12.8 Å².